The average Bonchev–Trinajstić information content (AvgIpc) is 2.59. The number of hydrogen-bond donors (Lipinski definition) is 0. The molecule has 0 saturated heterocycles. The van der Waals surface area contributed by atoms with Gasteiger partial charge in [0.05, 0.1) is 0 Å². The van der Waals surface area contributed by atoms with Crippen molar-refractivity contribution in [3.05, 3.63) is 10.2 Å². The summed E-state index contributed by atoms with van der Waals surface area (Å²) in [7, 11) is -1.48. The van der Waals surface area contributed by atoms with Gasteiger partial charge < -0.3 is 0 Å². The van der Waals surface area contributed by atoms with Crippen LogP contribution in [0.15, 0.2) is 10.2 Å². The second-order valence-corrected chi connectivity index (χ2v) is 26.8. The monoisotopic (exact) mass is 490 g/mol. The average molecular weight is 489 g/mol. The second-order valence-electron chi connectivity index (χ2n) is 9.30. The Morgan fingerprint density at radius 2 is 1.19 bits per heavy atom. The standard InChI is InChI=1S/C11H23OSi.3C4H9.Sn/c1-6-8-9-10-11(7-2)12-13(3,4)5;3*1-3-4-2;/h2,7,11H,6,8-10H2,1,3-5H3;3*1,3-4H2,2H3;. The molecule has 0 amide bonds. The van der Waals surface area contributed by atoms with Crippen LogP contribution in [-0.4, -0.2) is 32.8 Å². The molecule has 1 unspecified atom stereocenters. The molecule has 0 aromatic carbocycles. The molecule has 0 radical (unpaired) electrons. The third-order valence-electron chi connectivity index (χ3n) is 5.35. The van der Waals surface area contributed by atoms with Gasteiger partial charge >= 0.3 is 172 Å². The van der Waals surface area contributed by atoms with Crippen LogP contribution < -0.4 is 0 Å². The third-order valence-corrected chi connectivity index (χ3v) is 20.5. The summed E-state index contributed by atoms with van der Waals surface area (Å²) in [6.45, 7) is 16.4. The molecule has 26 heavy (non-hydrogen) atoms. The van der Waals surface area contributed by atoms with Gasteiger partial charge in [-0.1, -0.05) is 0 Å². The van der Waals surface area contributed by atoms with Crippen LogP contribution in [0.3, 0.4) is 0 Å². The molecule has 1 atom stereocenters. The van der Waals surface area contributed by atoms with E-state index < -0.39 is 26.7 Å². The number of rotatable bonds is 17. The maximum atomic E-state index is 6.58. The van der Waals surface area contributed by atoms with Crippen LogP contribution >= 0.6 is 0 Å². The molecule has 3 heteroatoms. The van der Waals surface area contributed by atoms with Crippen LogP contribution in [0.2, 0.25) is 33.0 Å². The first-order valence-corrected chi connectivity index (χ1v) is 22.8. The second kappa shape index (κ2) is 15.6. The number of hydrogen-bond acceptors (Lipinski definition) is 1. The van der Waals surface area contributed by atoms with Crippen molar-refractivity contribution in [2.24, 2.45) is 0 Å². The van der Waals surface area contributed by atoms with Crippen LogP contribution in [0.1, 0.15) is 91.9 Å². The van der Waals surface area contributed by atoms with Gasteiger partial charge in [0, 0.05) is 0 Å². The zero-order valence-electron chi connectivity index (χ0n) is 19.3. The van der Waals surface area contributed by atoms with Gasteiger partial charge in [-0.2, -0.15) is 0 Å². The van der Waals surface area contributed by atoms with E-state index in [1.807, 2.05) is 0 Å². The van der Waals surface area contributed by atoms with E-state index in [-0.39, 0.29) is 0 Å². The Balaban J connectivity index is 5.28. The summed E-state index contributed by atoms with van der Waals surface area (Å²) in [4.78, 5) is 0. The molecule has 0 spiro atoms. The normalized spacial score (nSPS) is 14.3. The van der Waals surface area contributed by atoms with Crippen LogP contribution in [0.4, 0.5) is 0 Å². The molecule has 0 aromatic rings. The van der Waals surface area contributed by atoms with Gasteiger partial charge in [0.25, 0.3) is 0 Å². The summed E-state index contributed by atoms with van der Waals surface area (Å²) in [5, 5.41) is 0. The summed E-state index contributed by atoms with van der Waals surface area (Å²) in [6.07, 6.45) is 16.6. The Kier molecular flexibility index (Phi) is 16.0. The first kappa shape index (κ1) is 26.7. The Morgan fingerprint density at radius 1 is 0.731 bits per heavy atom. The molecular formula is C23H50OSiSn. The van der Waals surface area contributed by atoms with E-state index in [4.69, 9.17) is 4.43 Å². The van der Waals surface area contributed by atoms with E-state index in [1.165, 1.54) is 64.2 Å². The van der Waals surface area contributed by atoms with E-state index in [2.05, 4.69) is 57.5 Å². The Morgan fingerprint density at radius 3 is 1.58 bits per heavy atom. The summed E-state index contributed by atoms with van der Waals surface area (Å²) in [5.41, 5.74) is 0. The van der Waals surface area contributed by atoms with Crippen LogP contribution in [-0.2, 0) is 4.43 Å². The molecule has 1 nitrogen and oxygen atoms in total. The first-order chi connectivity index (χ1) is 12.3. The Hall–Kier alpha value is 0.716. The summed E-state index contributed by atoms with van der Waals surface area (Å²) in [6, 6.07) is 0. The summed E-state index contributed by atoms with van der Waals surface area (Å²) < 4.78 is 14.1. The zero-order valence-corrected chi connectivity index (χ0v) is 23.2. The third kappa shape index (κ3) is 13.8. The topological polar surface area (TPSA) is 9.23 Å². The first-order valence-electron chi connectivity index (χ1n) is 11.7. The van der Waals surface area contributed by atoms with Gasteiger partial charge in [0.1, 0.15) is 0 Å². The molecule has 0 fully saturated rings. The van der Waals surface area contributed by atoms with Crippen LogP contribution in [0.5, 0.6) is 0 Å². The molecule has 156 valence electrons. The molecule has 0 aromatic heterocycles. The molecule has 0 bridgehead atoms. The molecule has 0 N–H and O–H groups in total. The van der Waals surface area contributed by atoms with Crippen molar-refractivity contribution < 1.29 is 4.43 Å². The minimum absolute atomic E-state index is 0.383. The van der Waals surface area contributed by atoms with Gasteiger partial charge in [-0.15, -0.1) is 0 Å². The van der Waals surface area contributed by atoms with Gasteiger partial charge in [0.15, 0.2) is 0 Å². The molecule has 0 rings (SSSR count). The summed E-state index contributed by atoms with van der Waals surface area (Å²) in [5.74, 6) is 0. The number of unbranched alkanes of at least 4 members (excludes halogenated alkanes) is 5. The van der Waals surface area contributed by atoms with E-state index in [1.54, 1.807) is 13.3 Å². The predicted octanol–water partition coefficient (Wildman–Crippen LogP) is 8.73. The van der Waals surface area contributed by atoms with E-state index >= 15 is 0 Å². The fourth-order valence-corrected chi connectivity index (χ4v) is 19.3. The quantitative estimate of drug-likeness (QED) is 0.147. The minimum atomic E-state index is -2.16. The molecule has 0 aliphatic rings. The summed E-state index contributed by atoms with van der Waals surface area (Å²) >= 11 is -2.16. The van der Waals surface area contributed by atoms with Crippen molar-refractivity contribution in [1.82, 2.24) is 0 Å². The molecular weight excluding hydrogens is 439 g/mol. The zero-order chi connectivity index (χ0) is 19.9. The predicted molar refractivity (Wildman–Crippen MR) is 126 cm³/mol. The fraction of sp³-hybridized carbons (Fsp3) is 0.913. The van der Waals surface area contributed by atoms with Crippen molar-refractivity contribution in [1.29, 1.82) is 0 Å². The van der Waals surface area contributed by atoms with Gasteiger partial charge in [0.2, 0.25) is 0 Å². The van der Waals surface area contributed by atoms with Crippen molar-refractivity contribution in [2.75, 3.05) is 0 Å². The Labute approximate surface area is 171 Å². The van der Waals surface area contributed by atoms with Crippen molar-refractivity contribution in [3.63, 3.8) is 0 Å². The maximum absolute atomic E-state index is 6.58. The molecule has 0 heterocycles. The van der Waals surface area contributed by atoms with Crippen LogP contribution in [0, 0.1) is 0 Å². The van der Waals surface area contributed by atoms with E-state index in [0.717, 1.165) is 0 Å². The van der Waals surface area contributed by atoms with Gasteiger partial charge in [-0.25, -0.2) is 0 Å². The van der Waals surface area contributed by atoms with Crippen LogP contribution in [0.25, 0.3) is 0 Å². The van der Waals surface area contributed by atoms with Gasteiger partial charge in [-0.05, 0) is 0 Å². The van der Waals surface area contributed by atoms with E-state index in [9.17, 15) is 0 Å². The SMILES string of the molecule is CCCCCC(C=[CH][Sn]([CH2]CCC)([CH2]CCC)[CH2]CCC)O[Si](C)(C)C. The fourth-order valence-electron chi connectivity index (χ4n) is 3.77. The molecule has 0 aliphatic heterocycles. The van der Waals surface area contributed by atoms with E-state index in [0.29, 0.717) is 6.10 Å². The van der Waals surface area contributed by atoms with Gasteiger partial charge in [-0.3, -0.25) is 0 Å². The van der Waals surface area contributed by atoms with Crippen molar-refractivity contribution in [3.8, 4) is 0 Å². The molecule has 0 saturated carbocycles. The molecule has 0 aliphatic carbocycles. The van der Waals surface area contributed by atoms with Crippen molar-refractivity contribution in [2.45, 2.75) is 131 Å². The Bertz CT molecular complexity index is 327. The van der Waals surface area contributed by atoms with Crippen molar-refractivity contribution >= 4 is 26.7 Å².